The van der Waals surface area contributed by atoms with Crippen molar-refractivity contribution in [3.63, 3.8) is 0 Å². The molecule has 2 fully saturated rings. The molecule has 10 heterocycles. The van der Waals surface area contributed by atoms with E-state index in [2.05, 4.69) is 92.9 Å². The van der Waals surface area contributed by atoms with Crippen LogP contribution in [-0.2, 0) is 0 Å². The van der Waals surface area contributed by atoms with E-state index >= 15 is 0 Å². The summed E-state index contributed by atoms with van der Waals surface area (Å²) in [6.07, 6.45) is 23.1. The highest BCUT2D eigenvalue weighted by atomic mass is 19.1. The maximum absolute atomic E-state index is 14.6. The largest absolute Gasteiger partial charge is 0.306 e. The van der Waals surface area contributed by atoms with Gasteiger partial charge in [-0.05, 0) is 150 Å². The van der Waals surface area contributed by atoms with E-state index in [4.69, 9.17) is 4.98 Å². The first-order valence-corrected chi connectivity index (χ1v) is 24.1. The highest BCUT2D eigenvalue weighted by molar-refractivity contribution is 5.97. The van der Waals surface area contributed by atoms with Crippen LogP contribution in [0.2, 0.25) is 0 Å². The second kappa shape index (κ2) is 21.1. The lowest BCUT2D eigenvalue weighted by Crippen LogP contribution is -2.31. The molecule has 8 aromatic heterocycles. The molecule has 0 amide bonds. The Bertz CT molecular complexity index is 3620. The molecule has 0 bridgehead atoms. The molecule has 364 valence electrons. The summed E-state index contributed by atoms with van der Waals surface area (Å²) >= 11 is 0. The van der Waals surface area contributed by atoms with Gasteiger partial charge >= 0.3 is 0 Å². The standard InChI is InChI=1S/C29H25N7.C28H24F2N6.CH4/c1-35-11-8-24(9-12-35)36-19-23(18-33-36)21-13-22(17-31-16-21)27-14-28(25-6-3-2-5-20(25)15-30)34-29-26(27)7-4-10-32-29;1-35-9-6-22(7-10-35)36-17-20(16-33-36)18-11-19(15-31-14-18)24-13-27(25-12-21(29)4-5-26(25)30)34-28-23(24)3-2-8-32-28;/h2-7,10,13-14,16-19,24H,8-9,11-12H2,1H3;2-5,8,11-17,22H,6-7,9-10H2,1H3;1H4. The van der Waals surface area contributed by atoms with Crippen molar-refractivity contribution >= 4 is 22.1 Å². The van der Waals surface area contributed by atoms with Crippen molar-refractivity contribution < 1.29 is 8.78 Å². The number of benzene rings is 2. The minimum Gasteiger partial charge on any atom is -0.306 e. The lowest BCUT2D eigenvalue weighted by atomic mass is 9.97. The molecule has 0 radical (unpaired) electrons. The smallest absolute Gasteiger partial charge is 0.160 e. The first-order chi connectivity index (χ1) is 35.2. The topological polar surface area (TPSA) is 143 Å². The molecule has 10 aromatic rings. The van der Waals surface area contributed by atoms with Gasteiger partial charge in [0.2, 0.25) is 0 Å². The van der Waals surface area contributed by atoms with Gasteiger partial charge in [-0.3, -0.25) is 19.3 Å². The van der Waals surface area contributed by atoms with Crippen LogP contribution in [0.25, 0.3) is 89.1 Å². The van der Waals surface area contributed by atoms with Crippen molar-refractivity contribution in [1.29, 1.82) is 5.26 Å². The number of likely N-dealkylation sites (tertiary alicyclic amines) is 2. The van der Waals surface area contributed by atoms with Gasteiger partial charge < -0.3 is 9.80 Å². The summed E-state index contributed by atoms with van der Waals surface area (Å²) in [5.74, 6) is -1.07. The minimum absolute atomic E-state index is 0. The average Bonchev–Trinajstić information content (AvgIpc) is 4.14. The zero-order chi connectivity index (χ0) is 49.1. The van der Waals surface area contributed by atoms with Crippen LogP contribution in [0.1, 0.15) is 50.8 Å². The molecule has 2 aromatic carbocycles. The normalized spacial score (nSPS) is 14.6. The third-order valence-corrected chi connectivity index (χ3v) is 13.8. The Morgan fingerprint density at radius 2 is 1.01 bits per heavy atom. The van der Waals surface area contributed by atoms with Crippen molar-refractivity contribution in [3.8, 4) is 73.1 Å². The highest BCUT2D eigenvalue weighted by Crippen LogP contribution is 2.37. The average molecular weight is 970 g/mol. The Morgan fingerprint density at radius 1 is 0.521 bits per heavy atom. The van der Waals surface area contributed by atoms with E-state index in [9.17, 15) is 14.0 Å². The molecule has 73 heavy (non-hydrogen) atoms. The molecule has 0 N–H and O–H groups in total. The fraction of sp³-hybridized carbons (Fsp3) is 0.224. The van der Waals surface area contributed by atoms with E-state index in [1.54, 1.807) is 24.7 Å². The monoisotopic (exact) mass is 969 g/mol. The minimum atomic E-state index is -0.543. The number of fused-ring (bicyclic) bond motifs is 2. The molecule has 15 heteroatoms. The second-order valence-electron chi connectivity index (χ2n) is 18.6. The number of hydrogen-bond acceptors (Lipinski definition) is 11. The van der Waals surface area contributed by atoms with Crippen LogP contribution in [0.3, 0.4) is 0 Å². The number of piperidine rings is 2. The molecule has 2 aliphatic rings. The van der Waals surface area contributed by atoms with Crippen molar-refractivity contribution in [2.45, 2.75) is 45.2 Å². The number of pyridine rings is 6. The summed E-state index contributed by atoms with van der Waals surface area (Å²) < 4.78 is 32.7. The SMILES string of the molecule is C.CN1CCC(n2cc(-c3cncc(-c4cc(-c5cc(F)ccc5F)nc5ncccc45)c3)cn2)CC1.CN1CCC(n2cc(-c3cncc(-c4cc(-c5ccccc5C#N)nc5ncccc45)c3)cn2)CC1. The van der Waals surface area contributed by atoms with Gasteiger partial charge in [0.25, 0.3) is 0 Å². The Balaban J connectivity index is 0.000000165. The van der Waals surface area contributed by atoms with Crippen molar-refractivity contribution in [2.24, 2.45) is 0 Å². The molecular weight excluding hydrogens is 917 g/mol. The second-order valence-corrected chi connectivity index (χ2v) is 18.6. The Morgan fingerprint density at radius 3 is 1.53 bits per heavy atom. The van der Waals surface area contributed by atoms with Crippen LogP contribution in [0, 0.1) is 23.0 Å². The van der Waals surface area contributed by atoms with Crippen molar-refractivity contribution in [1.82, 2.24) is 59.3 Å². The van der Waals surface area contributed by atoms with Gasteiger partial charge in [0.15, 0.2) is 11.3 Å². The fourth-order valence-corrected chi connectivity index (χ4v) is 9.75. The number of hydrogen-bond donors (Lipinski definition) is 0. The summed E-state index contributed by atoms with van der Waals surface area (Å²) in [5.41, 5.74) is 11.1. The first-order valence-electron chi connectivity index (χ1n) is 24.1. The van der Waals surface area contributed by atoms with E-state index in [-0.39, 0.29) is 13.0 Å². The molecular formula is C58H53F2N13. The van der Waals surface area contributed by atoms with E-state index in [0.29, 0.717) is 40.3 Å². The maximum atomic E-state index is 14.6. The maximum Gasteiger partial charge on any atom is 0.160 e. The van der Waals surface area contributed by atoms with E-state index in [1.807, 2.05) is 91.6 Å². The number of rotatable bonds is 8. The molecule has 2 saturated heterocycles. The molecule has 0 saturated carbocycles. The predicted molar refractivity (Wildman–Crippen MR) is 282 cm³/mol. The van der Waals surface area contributed by atoms with Crippen LogP contribution >= 0.6 is 0 Å². The summed E-state index contributed by atoms with van der Waals surface area (Å²) in [5, 5.41) is 20.7. The van der Waals surface area contributed by atoms with Gasteiger partial charge in [-0.15, -0.1) is 0 Å². The van der Waals surface area contributed by atoms with Gasteiger partial charge in [-0.25, -0.2) is 28.7 Å². The van der Waals surface area contributed by atoms with Crippen LogP contribution in [0.15, 0.2) is 153 Å². The molecule has 0 spiro atoms. The number of aromatic nitrogens is 10. The van der Waals surface area contributed by atoms with E-state index < -0.39 is 11.6 Å². The zero-order valence-electron chi connectivity index (χ0n) is 39.8. The first kappa shape index (κ1) is 48.2. The fourth-order valence-electron chi connectivity index (χ4n) is 9.75. The van der Waals surface area contributed by atoms with Crippen LogP contribution in [-0.4, -0.2) is 99.5 Å². The van der Waals surface area contributed by atoms with Gasteiger partial charge in [-0.1, -0.05) is 25.6 Å². The van der Waals surface area contributed by atoms with E-state index in [0.717, 1.165) is 131 Å². The lowest BCUT2D eigenvalue weighted by Gasteiger charge is -2.28. The molecule has 0 atom stereocenters. The van der Waals surface area contributed by atoms with Crippen LogP contribution in [0.4, 0.5) is 8.78 Å². The van der Waals surface area contributed by atoms with Gasteiger partial charge in [0.1, 0.15) is 11.6 Å². The molecule has 2 aliphatic heterocycles. The summed E-state index contributed by atoms with van der Waals surface area (Å²) in [6.45, 7) is 4.32. The molecule has 12 rings (SSSR count). The van der Waals surface area contributed by atoms with Crippen molar-refractivity contribution in [2.75, 3.05) is 40.3 Å². The molecule has 13 nitrogen and oxygen atoms in total. The van der Waals surface area contributed by atoms with Crippen LogP contribution < -0.4 is 0 Å². The zero-order valence-corrected chi connectivity index (χ0v) is 39.8. The summed E-state index contributed by atoms with van der Waals surface area (Å²) in [4.78, 5) is 32.0. The summed E-state index contributed by atoms with van der Waals surface area (Å²) in [6, 6.07) is 29.7. The highest BCUT2D eigenvalue weighted by Gasteiger charge is 2.22. The quantitative estimate of drug-likeness (QED) is 0.144. The Hall–Kier alpha value is -8.45. The van der Waals surface area contributed by atoms with Gasteiger partial charge in [-0.2, -0.15) is 15.5 Å². The number of halogens is 2. The third kappa shape index (κ3) is 10.2. The number of nitrogens with zero attached hydrogens (tertiary/aromatic N) is 13. The molecule has 0 aliphatic carbocycles. The van der Waals surface area contributed by atoms with Gasteiger partial charge in [0, 0.05) is 105 Å². The predicted octanol–water partition coefficient (Wildman–Crippen LogP) is 11.8. The summed E-state index contributed by atoms with van der Waals surface area (Å²) in [7, 11) is 4.32. The number of nitriles is 1. The molecule has 0 unspecified atom stereocenters. The van der Waals surface area contributed by atoms with E-state index in [1.165, 1.54) is 0 Å². The Kier molecular flexibility index (Phi) is 13.9. The Labute approximate surface area is 422 Å². The third-order valence-electron chi connectivity index (χ3n) is 13.8. The lowest BCUT2D eigenvalue weighted by molar-refractivity contribution is 0.212. The van der Waals surface area contributed by atoms with Crippen molar-refractivity contribution in [3.05, 3.63) is 170 Å². The van der Waals surface area contributed by atoms with Crippen LogP contribution in [0.5, 0.6) is 0 Å². The van der Waals surface area contributed by atoms with Gasteiger partial charge in [0.05, 0.1) is 47.5 Å².